The molecule has 0 radical (unpaired) electrons. The Labute approximate surface area is 147 Å². The van der Waals surface area contributed by atoms with Crippen LogP contribution in [-0.2, 0) is 14.9 Å². The number of unbranched alkanes of at least 4 members (excludes halogenated alkanes) is 1. The molecule has 0 saturated carbocycles. The molecule has 0 spiro atoms. The predicted molar refractivity (Wildman–Crippen MR) is 98.0 cm³/mol. The quantitative estimate of drug-likeness (QED) is 0.514. The fraction of sp³-hybridized carbons (Fsp3) is 0.333. The number of aromatic nitrogens is 2. The minimum atomic E-state index is -0.402. The SMILES string of the molecule is CCCCOC(=O)CC1(C)c2ccccc2-n2c1cc1cccnc12. The van der Waals surface area contributed by atoms with Crippen LogP contribution in [0.2, 0.25) is 0 Å². The highest BCUT2D eigenvalue weighted by molar-refractivity contribution is 5.84. The zero-order valence-electron chi connectivity index (χ0n) is 14.7. The summed E-state index contributed by atoms with van der Waals surface area (Å²) in [4.78, 5) is 17.0. The van der Waals surface area contributed by atoms with Crippen LogP contribution >= 0.6 is 0 Å². The molecule has 3 heterocycles. The van der Waals surface area contributed by atoms with Gasteiger partial charge in [0.05, 0.1) is 18.7 Å². The second kappa shape index (κ2) is 6.03. The summed E-state index contributed by atoms with van der Waals surface area (Å²) in [6.07, 6.45) is 4.08. The molecular formula is C21H22N2O2. The number of nitrogens with zero attached hydrogens (tertiary/aromatic N) is 2. The van der Waals surface area contributed by atoms with E-state index in [-0.39, 0.29) is 5.97 Å². The maximum absolute atomic E-state index is 12.5. The van der Waals surface area contributed by atoms with Gasteiger partial charge in [-0.25, -0.2) is 4.98 Å². The van der Waals surface area contributed by atoms with E-state index >= 15 is 0 Å². The van der Waals surface area contributed by atoms with E-state index < -0.39 is 5.41 Å². The van der Waals surface area contributed by atoms with E-state index in [9.17, 15) is 4.79 Å². The number of rotatable bonds is 5. The third kappa shape index (κ3) is 2.44. The van der Waals surface area contributed by atoms with Gasteiger partial charge < -0.3 is 4.74 Å². The Bertz CT molecular complexity index is 944. The Morgan fingerprint density at radius 3 is 2.92 bits per heavy atom. The molecule has 0 amide bonds. The first-order chi connectivity index (χ1) is 12.1. The molecule has 25 heavy (non-hydrogen) atoms. The molecule has 3 aromatic rings. The summed E-state index contributed by atoms with van der Waals surface area (Å²) < 4.78 is 7.63. The summed E-state index contributed by atoms with van der Waals surface area (Å²) in [5.41, 5.74) is 3.91. The average Bonchev–Trinajstić information content (AvgIpc) is 3.11. The molecule has 1 aromatic carbocycles. The summed E-state index contributed by atoms with van der Waals surface area (Å²) in [7, 11) is 0. The molecule has 1 aliphatic heterocycles. The molecule has 4 rings (SSSR count). The van der Waals surface area contributed by atoms with E-state index in [1.165, 1.54) is 0 Å². The van der Waals surface area contributed by atoms with Crippen molar-refractivity contribution in [2.45, 2.75) is 38.5 Å². The second-order valence-electron chi connectivity index (χ2n) is 6.88. The molecule has 128 valence electrons. The number of esters is 1. The van der Waals surface area contributed by atoms with Gasteiger partial charge in [0.25, 0.3) is 0 Å². The normalized spacial score (nSPS) is 18.2. The number of hydrogen-bond donors (Lipinski definition) is 0. The molecule has 0 N–H and O–H groups in total. The van der Waals surface area contributed by atoms with Crippen LogP contribution < -0.4 is 0 Å². The summed E-state index contributed by atoms with van der Waals surface area (Å²) in [6.45, 7) is 4.72. The van der Waals surface area contributed by atoms with Gasteiger partial charge in [-0.2, -0.15) is 0 Å². The van der Waals surface area contributed by atoms with Crippen LogP contribution in [-0.4, -0.2) is 22.1 Å². The van der Waals surface area contributed by atoms with Gasteiger partial charge in [0.2, 0.25) is 0 Å². The Balaban J connectivity index is 1.79. The minimum Gasteiger partial charge on any atom is -0.466 e. The van der Waals surface area contributed by atoms with E-state index in [4.69, 9.17) is 4.74 Å². The first kappa shape index (κ1) is 15.9. The van der Waals surface area contributed by atoms with Crippen molar-refractivity contribution >= 4 is 17.0 Å². The number of benzene rings is 1. The molecule has 2 aromatic heterocycles. The number of pyridine rings is 1. The monoisotopic (exact) mass is 334 g/mol. The smallest absolute Gasteiger partial charge is 0.307 e. The van der Waals surface area contributed by atoms with Gasteiger partial charge in [-0.15, -0.1) is 0 Å². The molecule has 1 unspecified atom stereocenters. The standard InChI is InChI=1S/C21H22N2O2/c1-3-4-12-25-19(24)14-21(2)16-9-5-6-10-17(16)23-18(21)13-15-8-7-11-22-20(15)23/h5-11,13H,3-4,12,14H2,1-2H3. The van der Waals surface area contributed by atoms with Crippen molar-refractivity contribution in [2.24, 2.45) is 0 Å². The molecule has 4 heteroatoms. The van der Waals surface area contributed by atoms with Crippen LogP contribution in [0.25, 0.3) is 16.7 Å². The highest BCUT2D eigenvalue weighted by Crippen LogP contribution is 2.47. The molecule has 1 aliphatic rings. The van der Waals surface area contributed by atoms with Gasteiger partial charge >= 0.3 is 5.97 Å². The minimum absolute atomic E-state index is 0.141. The van der Waals surface area contributed by atoms with Crippen LogP contribution in [0.5, 0.6) is 0 Å². The van der Waals surface area contributed by atoms with Crippen LogP contribution in [0.4, 0.5) is 0 Å². The largest absolute Gasteiger partial charge is 0.466 e. The van der Waals surface area contributed by atoms with Crippen molar-refractivity contribution in [1.29, 1.82) is 0 Å². The molecule has 0 bridgehead atoms. The Kier molecular flexibility index (Phi) is 3.83. The number of carbonyl (C=O) groups excluding carboxylic acids is 1. The lowest BCUT2D eigenvalue weighted by Crippen LogP contribution is -2.26. The second-order valence-corrected chi connectivity index (χ2v) is 6.88. The lowest BCUT2D eigenvalue weighted by molar-refractivity contribution is -0.144. The zero-order valence-corrected chi connectivity index (χ0v) is 14.7. The van der Waals surface area contributed by atoms with Gasteiger partial charge in [0, 0.05) is 22.7 Å². The van der Waals surface area contributed by atoms with Crippen molar-refractivity contribution < 1.29 is 9.53 Å². The van der Waals surface area contributed by atoms with Gasteiger partial charge in [0.15, 0.2) is 0 Å². The van der Waals surface area contributed by atoms with Crippen molar-refractivity contribution in [2.75, 3.05) is 6.61 Å². The first-order valence-corrected chi connectivity index (χ1v) is 8.87. The fourth-order valence-corrected chi connectivity index (χ4v) is 3.81. The van der Waals surface area contributed by atoms with E-state index in [0.717, 1.165) is 40.8 Å². The van der Waals surface area contributed by atoms with Crippen molar-refractivity contribution in [1.82, 2.24) is 9.55 Å². The van der Waals surface area contributed by atoms with Crippen molar-refractivity contribution in [3.8, 4) is 5.69 Å². The van der Waals surface area contributed by atoms with Crippen molar-refractivity contribution in [3.63, 3.8) is 0 Å². The third-order valence-corrected chi connectivity index (χ3v) is 5.13. The summed E-state index contributed by atoms with van der Waals surface area (Å²) in [5.74, 6) is -0.141. The third-order valence-electron chi connectivity index (χ3n) is 5.13. The summed E-state index contributed by atoms with van der Waals surface area (Å²) in [6, 6.07) is 14.4. The Morgan fingerprint density at radius 2 is 2.08 bits per heavy atom. The van der Waals surface area contributed by atoms with Gasteiger partial charge in [-0.05, 0) is 43.2 Å². The summed E-state index contributed by atoms with van der Waals surface area (Å²) >= 11 is 0. The number of hydrogen-bond acceptors (Lipinski definition) is 3. The molecule has 4 nitrogen and oxygen atoms in total. The first-order valence-electron chi connectivity index (χ1n) is 8.87. The molecule has 0 saturated heterocycles. The van der Waals surface area contributed by atoms with Crippen LogP contribution in [0.1, 0.15) is 44.4 Å². The number of fused-ring (bicyclic) bond motifs is 5. The van der Waals surface area contributed by atoms with Crippen molar-refractivity contribution in [3.05, 3.63) is 59.9 Å². The molecule has 0 fully saturated rings. The topological polar surface area (TPSA) is 44.1 Å². The number of para-hydroxylation sites is 1. The van der Waals surface area contributed by atoms with Gasteiger partial charge in [0.1, 0.15) is 5.65 Å². The predicted octanol–water partition coefficient (Wildman–Crippen LogP) is 4.38. The van der Waals surface area contributed by atoms with Gasteiger partial charge in [-0.1, -0.05) is 31.5 Å². The highest BCUT2D eigenvalue weighted by atomic mass is 16.5. The number of carbonyl (C=O) groups is 1. The molecule has 1 atom stereocenters. The maximum atomic E-state index is 12.5. The number of ether oxygens (including phenoxy) is 1. The average molecular weight is 334 g/mol. The van der Waals surface area contributed by atoms with Gasteiger partial charge in [-0.3, -0.25) is 9.36 Å². The Morgan fingerprint density at radius 1 is 1.24 bits per heavy atom. The lowest BCUT2D eigenvalue weighted by atomic mass is 9.78. The zero-order chi connectivity index (χ0) is 17.4. The van der Waals surface area contributed by atoms with E-state index in [1.54, 1.807) is 0 Å². The summed E-state index contributed by atoms with van der Waals surface area (Å²) in [5, 5.41) is 1.09. The molecular weight excluding hydrogens is 312 g/mol. The maximum Gasteiger partial charge on any atom is 0.307 e. The fourth-order valence-electron chi connectivity index (χ4n) is 3.81. The van der Waals surface area contributed by atoms with Crippen LogP contribution in [0, 0.1) is 0 Å². The molecule has 0 aliphatic carbocycles. The van der Waals surface area contributed by atoms with E-state index in [1.807, 2.05) is 24.4 Å². The van der Waals surface area contributed by atoms with E-state index in [2.05, 4.69) is 47.7 Å². The van der Waals surface area contributed by atoms with Crippen LogP contribution in [0.3, 0.4) is 0 Å². The van der Waals surface area contributed by atoms with Crippen LogP contribution in [0.15, 0.2) is 48.7 Å². The van der Waals surface area contributed by atoms with E-state index in [0.29, 0.717) is 13.0 Å². The highest BCUT2D eigenvalue weighted by Gasteiger charge is 2.43. The Hall–Kier alpha value is -2.62. The lowest BCUT2D eigenvalue weighted by Gasteiger charge is -2.24.